The van der Waals surface area contributed by atoms with Crippen molar-refractivity contribution >= 4 is 34.6 Å². The van der Waals surface area contributed by atoms with Crippen molar-refractivity contribution in [3.8, 4) is 11.5 Å². The summed E-state index contributed by atoms with van der Waals surface area (Å²) in [7, 11) is 3.18. The van der Waals surface area contributed by atoms with E-state index >= 15 is 0 Å². The molecule has 6 nitrogen and oxygen atoms in total. The van der Waals surface area contributed by atoms with Crippen molar-refractivity contribution in [2.24, 2.45) is 4.99 Å². The summed E-state index contributed by atoms with van der Waals surface area (Å²) in [5.74, 6) is 0.550. The fourth-order valence-electron chi connectivity index (χ4n) is 3.58. The lowest BCUT2D eigenvalue weighted by Gasteiger charge is -2.15. The predicted octanol–water partition coefficient (Wildman–Crippen LogP) is 6.05. The second-order valence-electron chi connectivity index (χ2n) is 7.93. The molecule has 0 atom stereocenters. The van der Waals surface area contributed by atoms with Crippen molar-refractivity contribution in [1.82, 2.24) is 4.90 Å². The molecule has 186 valence electrons. The van der Waals surface area contributed by atoms with Crippen LogP contribution in [0, 0.1) is 5.82 Å². The molecule has 0 radical (unpaired) electrons. The molecule has 8 heteroatoms. The number of benzene rings is 3. The normalized spacial score (nSPS) is 15.6. The van der Waals surface area contributed by atoms with Crippen LogP contribution in [0.1, 0.15) is 17.5 Å². The van der Waals surface area contributed by atoms with E-state index < -0.39 is 0 Å². The maximum Gasteiger partial charge on any atom is 0.266 e. The summed E-state index contributed by atoms with van der Waals surface area (Å²) in [4.78, 5) is 20.2. The van der Waals surface area contributed by atoms with E-state index in [9.17, 15) is 9.18 Å². The minimum Gasteiger partial charge on any atom is -0.493 e. The van der Waals surface area contributed by atoms with E-state index in [1.54, 1.807) is 49.5 Å². The molecule has 1 fully saturated rings. The molecule has 0 bridgehead atoms. The van der Waals surface area contributed by atoms with Crippen molar-refractivity contribution in [3.63, 3.8) is 0 Å². The number of para-hydroxylation sites is 1. The number of carbonyl (C=O) groups is 1. The minimum absolute atomic E-state index is 0.0769. The number of amidine groups is 1. The summed E-state index contributed by atoms with van der Waals surface area (Å²) in [6, 6.07) is 21.4. The number of methoxy groups -OCH3 is 2. The van der Waals surface area contributed by atoms with Crippen LogP contribution in [0.25, 0.3) is 6.08 Å². The number of nitrogens with zero attached hydrogens (tertiary/aromatic N) is 2. The van der Waals surface area contributed by atoms with Gasteiger partial charge in [-0.3, -0.25) is 9.69 Å². The highest BCUT2D eigenvalue weighted by atomic mass is 32.2. The van der Waals surface area contributed by atoms with Crippen LogP contribution >= 0.6 is 11.8 Å². The van der Waals surface area contributed by atoms with Crippen LogP contribution in [-0.2, 0) is 16.1 Å². The maximum absolute atomic E-state index is 13.9. The zero-order valence-electron chi connectivity index (χ0n) is 20.1. The molecule has 1 aliphatic rings. The Morgan fingerprint density at radius 3 is 2.53 bits per heavy atom. The molecule has 0 aliphatic carbocycles. The second-order valence-corrected chi connectivity index (χ2v) is 8.94. The molecule has 4 rings (SSSR count). The number of thioether (sulfide) groups is 1. The Balaban J connectivity index is 1.55. The van der Waals surface area contributed by atoms with Gasteiger partial charge in [0.2, 0.25) is 0 Å². The molecular weight excluding hydrogens is 479 g/mol. The first-order valence-corrected chi connectivity index (χ1v) is 12.3. The van der Waals surface area contributed by atoms with E-state index in [-0.39, 0.29) is 18.3 Å². The predicted molar refractivity (Wildman–Crippen MR) is 141 cm³/mol. The Labute approximate surface area is 214 Å². The third kappa shape index (κ3) is 6.33. The van der Waals surface area contributed by atoms with Crippen molar-refractivity contribution in [3.05, 3.63) is 94.6 Å². The van der Waals surface area contributed by atoms with E-state index in [0.29, 0.717) is 46.7 Å². The molecule has 1 heterocycles. The highest BCUT2D eigenvalue weighted by Crippen LogP contribution is 2.36. The van der Waals surface area contributed by atoms with E-state index in [2.05, 4.69) is 0 Å². The van der Waals surface area contributed by atoms with Gasteiger partial charge in [0, 0.05) is 25.8 Å². The molecule has 3 aromatic rings. The van der Waals surface area contributed by atoms with Gasteiger partial charge in [0.05, 0.1) is 17.7 Å². The molecule has 1 amide bonds. The van der Waals surface area contributed by atoms with Crippen molar-refractivity contribution < 1.29 is 23.4 Å². The van der Waals surface area contributed by atoms with Crippen LogP contribution in [0.4, 0.5) is 10.1 Å². The maximum atomic E-state index is 13.9. The molecule has 1 aliphatic heterocycles. The van der Waals surface area contributed by atoms with Gasteiger partial charge < -0.3 is 14.2 Å². The summed E-state index contributed by atoms with van der Waals surface area (Å²) >= 11 is 1.33. The van der Waals surface area contributed by atoms with Crippen LogP contribution in [0.5, 0.6) is 11.5 Å². The van der Waals surface area contributed by atoms with Crippen LogP contribution < -0.4 is 9.47 Å². The number of rotatable bonds is 10. The van der Waals surface area contributed by atoms with Gasteiger partial charge in [0.1, 0.15) is 12.4 Å². The second kappa shape index (κ2) is 12.4. The van der Waals surface area contributed by atoms with Gasteiger partial charge in [-0.1, -0.05) is 42.5 Å². The van der Waals surface area contributed by atoms with E-state index in [4.69, 9.17) is 19.2 Å². The van der Waals surface area contributed by atoms with Gasteiger partial charge in [-0.05, 0) is 60.2 Å². The van der Waals surface area contributed by atoms with Gasteiger partial charge in [-0.25, -0.2) is 9.38 Å². The molecule has 36 heavy (non-hydrogen) atoms. The highest BCUT2D eigenvalue weighted by molar-refractivity contribution is 8.18. The molecule has 0 unspecified atom stereocenters. The quantitative estimate of drug-likeness (QED) is 0.247. The number of ether oxygens (including phenoxy) is 3. The molecule has 0 aromatic heterocycles. The average Bonchev–Trinajstić information content (AvgIpc) is 3.18. The van der Waals surface area contributed by atoms with Gasteiger partial charge in [0.25, 0.3) is 5.91 Å². The van der Waals surface area contributed by atoms with Crippen molar-refractivity contribution in [2.45, 2.75) is 13.0 Å². The third-order valence-electron chi connectivity index (χ3n) is 5.43. The summed E-state index contributed by atoms with van der Waals surface area (Å²) in [6.07, 6.45) is 2.51. The zero-order valence-corrected chi connectivity index (χ0v) is 21.0. The molecule has 3 aromatic carbocycles. The lowest BCUT2D eigenvalue weighted by atomic mass is 10.1. The fraction of sp³-hybridized carbons (Fsp3) is 0.214. The lowest BCUT2D eigenvalue weighted by molar-refractivity contribution is -0.122. The number of aliphatic imine (C=N–C) groups is 1. The Morgan fingerprint density at radius 2 is 1.78 bits per heavy atom. The molecule has 0 saturated carbocycles. The molecule has 1 saturated heterocycles. The SMILES string of the molecule is COCCCN1C(=O)/C(=C/c2ccc(OCc3ccccc3F)c(OC)c2)SC1=Nc1ccccc1. The van der Waals surface area contributed by atoms with E-state index in [1.807, 2.05) is 42.5 Å². The van der Waals surface area contributed by atoms with E-state index in [0.717, 1.165) is 11.3 Å². The lowest BCUT2D eigenvalue weighted by Crippen LogP contribution is -2.30. The average molecular weight is 507 g/mol. The first kappa shape index (κ1) is 25.5. The highest BCUT2D eigenvalue weighted by Gasteiger charge is 2.33. The van der Waals surface area contributed by atoms with Gasteiger partial charge in [-0.2, -0.15) is 0 Å². The van der Waals surface area contributed by atoms with Crippen LogP contribution in [0.2, 0.25) is 0 Å². The van der Waals surface area contributed by atoms with Crippen LogP contribution in [0.3, 0.4) is 0 Å². The standard InChI is InChI=1S/C28H27FN2O4S/c1-33-16-8-15-31-27(32)26(36-28(31)30-22-10-4-3-5-11-22)18-20-13-14-24(25(17-20)34-2)35-19-21-9-6-7-12-23(21)29/h3-7,9-14,17-18H,8,15-16,19H2,1-2H3/b26-18-,30-28?. The minimum atomic E-state index is -0.322. The Bertz CT molecular complexity index is 1260. The van der Waals surface area contributed by atoms with Crippen molar-refractivity contribution in [1.29, 1.82) is 0 Å². The summed E-state index contributed by atoms with van der Waals surface area (Å²) in [6.45, 7) is 1.14. The first-order valence-electron chi connectivity index (χ1n) is 11.5. The monoisotopic (exact) mass is 506 g/mol. The topological polar surface area (TPSA) is 60.4 Å². The fourth-order valence-corrected chi connectivity index (χ4v) is 4.61. The third-order valence-corrected chi connectivity index (χ3v) is 6.43. The van der Waals surface area contributed by atoms with Crippen LogP contribution in [0.15, 0.2) is 82.7 Å². The number of hydrogen-bond acceptors (Lipinski definition) is 6. The van der Waals surface area contributed by atoms with Gasteiger partial charge >= 0.3 is 0 Å². The Morgan fingerprint density at radius 1 is 1.00 bits per heavy atom. The summed E-state index contributed by atoms with van der Waals surface area (Å²) in [5, 5.41) is 0.630. The molecule has 0 N–H and O–H groups in total. The zero-order chi connectivity index (χ0) is 25.3. The largest absolute Gasteiger partial charge is 0.493 e. The van der Waals surface area contributed by atoms with Crippen molar-refractivity contribution in [2.75, 3.05) is 27.4 Å². The summed E-state index contributed by atoms with van der Waals surface area (Å²) < 4.78 is 30.4. The smallest absolute Gasteiger partial charge is 0.266 e. The van der Waals surface area contributed by atoms with Gasteiger partial charge in [0.15, 0.2) is 16.7 Å². The Hall–Kier alpha value is -3.62. The van der Waals surface area contributed by atoms with Gasteiger partial charge in [-0.15, -0.1) is 0 Å². The number of hydrogen-bond donors (Lipinski definition) is 0. The number of halogens is 1. The first-order chi connectivity index (χ1) is 17.6. The number of carbonyl (C=O) groups excluding carboxylic acids is 1. The Kier molecular flexibility index (Phi) is 8.76. The number of amides is 1. The van der Waals surface area contributed by atoms with E-state index in [1.165, 1.54) is 17.8 Å². The molecular formula is C28H27FN2O4S. The molecule has 0 spiro atoms. The summed E-state index contributed by atoms with van der Waals surface area (Å²) in [5.41, 5.74) is 2.01. The van der Waals surface area contributed by atoms with Crippen LogP contribution in [-0.4, -0.2) is 43.3 Å².